The van der Waals surface area contributed by atoms with Gasteiger partial charge in [-0.1, -0.05) is 16.5 Å². The molecule has 3 rings (SSSR count). The Morgan fingerprint density at radius 2 is 2.37 bits per heavy atom. The van der Waals surface area contributed by atoms with Crippen LogP contribution in [0, 0.1) is 5.82 Å². The summed E-state index contributed by atoms with van der Waals surface area (Å²) in [6.45, 7) is 0.269. The number of nitrogens with two attached hydrogens (primary N) is 1. The SMILES string of the molecule is NNc1cc2c(cc1F)sc(=O)n2Cc1ccon1. The van der Waals surface area contributed by atoms with Gasteiger partial charge in [0.1, 0.15) is 17.8 Å². The lowest BCUT2D eigenvalue weighted by atomic mass is 10.2. The summed E-state index contributed by atoms with van der Waals surface area (Å²) in [7, 11) is 0. The Balaban J connectivity index is 2.18. The van der Waals surface area contributed by atoms with Crippen LogP contribution >= 0.6 is 11.3 Å². The molecule has 0 aliphatic carbocycles. The minimum atomic E-state index is -0.496. The van der Waals surface area contributed by atoms with Crippen LogP contribution in [0.1, 0.15) is 5.69 Å². The van der Waals surface area contributed by atoms with Gasteiger partial charge in [0.25, 0.3) is 0 Å². The third-order valence-electron chi connectivity index (χ3n) is 2.72. The third-order valence-corrected chi connectivity index (χ3v) is 3.67. The molecule has 0 amide bonds. The summed E-state index contributed by atoms with van der Waals surface area (Å²) in [5, 5.41) is 3.75. The zero-order valence-corrected chi connectivity index (χ0v) is 10.4. The monoisotopic (exact) mass is 280 g/mol. The highest BCUT2D eigenvalue weighted by Gasteiger charge is 2.12. The molecule has 6 nitrogen and oxygen atoms in total. The van der Waals surface area contributed by atoms with E-state index in [9.17, 15) is 9.18 Å². The molecule has 0 aliphatic heterocycles. The Morgan fingerprint density at radius 1 is 1.53 bits per heavy atom. The van der Waals surface area contributed by atoms with E-state index in [0.717, 1.165) is 11.3 Å². The van der Waals surface area contributed by atoms with E-state index in [-0.39, 0.29) is 17.1 Å². The number of nitrogens with one attached hydrogen (secondary N) is 1. The van der Waals surface area contributed by atoms with Crippen molar-refractivity contribution < 1.29 is 8.91 Å². The van der Waals surface area contributed by atoms with Crippen LogP contribution in [0.15, 0.2) is 33.8 Å². The van der Waals surface area contributed by atoms with E-state index in [0.29, 0.717) is 15.9 Å². The van der Waals surface area contributed by atoms with Gasteiger partial charge in [-0.15, -0.1) is 0 Å². The predicted octanol–water partition coefficient (Wildman–Crippen LogP) is 1.52. The fourth-order valence-electron chi connectivity index (χ4n) is 1.83. The maximum absolute atomic E-state index is 13.6. The number of nitrogen functional groups attached to an aromatic ring is 1. The summed E-state index contributed by atoms with van der Waals surface area (Å²) in [5.74, 6) is 4.74. The van der Waals surface area contributed by atoms with E-state index in [4.69, 9.17) is 10.4 Å². The van der Waals surface area contributed by atoms with Gasteiger partial charge in [0.2, 0.25) is 0 Å². The van der Waals surface area contributed by atoms with Gasteiger partial charge in [-0.25, -0.2) is 4.39 Å². The van der Waals surface area contributed by atoms with Crippen molar-refractivity contribution in [1.82, 2.24) is 9.72 Å². The average Bonchev–Trinajstić information content (AvgIpc) is 2.98. The number of hydrogen-bond acceptors (Lipinski definition) is 6. The molecule has 1 aromatic carbocycles. The molecule has 0 saturated heterocycles. The van der Waals surface area contributed by atoms with Gasteiger partial charge >= 0.3 is 4.87 Å². The Kier molecular flexibility index (Phi) is 2.80. The molecule has 98 valence electrons. The van der Waals surface area contributed by atoms with Crippen LogP contribution < -0.4 is 16.1 Å². The van der Waals surface area contributed by atoms with E-state index >= 15 is 0 Å². The predicted molar refractivity (Wildman–Crippen MR) is 69.5 cm³/mol. The number of benzene rings is 1. The van der Waals surface area contributed by atoms with E-state index in [1.165, 1.54) is 23.0 Å². The standard InChI is InChI=1S/C11H9FN4O2S/c12-7-3-10-9(4-8(7)14-13)16(11(17)19-10)5-6-1-2-18-15-6/h1-4,14H,5,13H2. The topological polar surface area (TPSA) is 86.1 Å². The molecule has 0 radical (unpaired) electrons. The van der Waals surface area contributed by atoms with Crippen molar-refractivity contribution in [3.05, 3.63) is 45.6 Å². The molecule has 0 fully saturated rings. The van der Waals surface area contributed by atoms with E-state index in [1.807, 2.05) is 0 Å². The summed E-state index contributed by atoms with van der Waals surface area (Å²) < 4.78 is 20.3. The minimum Gasteiger partial charge on any atom is -0.364 e. The molecule has 0 atom stereocenters. The van der Waals surface area contributed by atoms with Gasteiger partial charge in [0.05, 0.1) is 22.4 Å². The lowest BCUT2D eigenvalue weighted by molar-refractivity contribution is 0.410. The molecule has 3 N–H and O–H groups in total. The first-order valence-electron chi connectivity index (χ1n) is 5.38. The number of nitrogens with zero attached hydrogens (tertiary/aromatic N) is 2. The summed E-state index contributed by atoms with van der Waals surface area (Å²) in [5.41, 5.74) is 3.62. The highest BCUT2D eigenvalue weighted by Crippen LogP contribution is 2.24. The van der Waals surface area contributed by atoms with E-state index < -0.39 is 5.82 Å². The largest absolute Gasteiger partial charge is 0.364 e. The van der Waals surface area contributed by atoms with Crippen LogP contribution in [0.25, 0.3) is 10.2 Å². The number of rotatable bonds is 3. The summed E-state index contributed by atoms with van der Waals surface area (Å²) in [6, 6.07) is 4.46. The highest BCUT2D eigenvalue weighted by molar-refractivity contribution is 7.16. The van der Waals surface area contributed by atoms with Crippen LogP contribution in [0.3, 0.4) is 0 Å². The quantitative estimate of drug-likeness (QED) is 0.561. The number of hydrazine groups is 1. The van der Waals surface area contributed by atoms with Gasteiger partial charge in [0, 0.05) is 6.07 Å². The summed E-state index contributed by atoms with van der Waals surface area (Å²) in [6.07, 6.45) is 1.43. The van der Waals surface area contributed by atoms with Gasteiger partial charge in [-0.05, 0) is 12.1 Å². The van der Waals surface area contributed by atoms with Crippen LogP contribution in [0.4, 0.5) is 10.1 Å². The van der Waals surface area contributed by atoms with Crippen molar-refractivity contribution in [2.75, 3.05) is 5.43 Å². The number of fused-ring (bicyclic) bond motifs is 1. The normalized spacial score (nSPS) is 11.1. The van der Waals surface area contributed by atoms with Crippen LogP contribution in [0.5, 0.6) is 0 Å². The van der Waals surface area contributed by atoms with Crippen molar-refractivity contribution in [3.63, 3.8) is 0 Å². The maximum Gasteiger partial charge on any atom is 0.308 e. The van der Waals surface area contributed by atoms with Crippen LogP contribution in [-0.4, -0.2) is 9.72 Å². The number of hydrogen-bond donors (Lipinski definition) is 2. The minimum absolute atomic E-state index is 0.138. The molecular formula is C11H9FN4O2S. The zero-order chi connectivity index (χ0) is 13.4. The van der Waals surface area contributed by atoms with Crippen molar-refractivity contribution >= 4 is 27.2 Å². The Morgan fingerprint density at radius 3 is 3.05 bits per heavy atom. The molecule has 0 spiro atoms. The number of halogens is 1. The number of anilines is 1. The van der Waals surface area contributed by atoms with Crippen molar-refractivity contribution in [1.29, 1.82) is 0 Å². The van der Waals surface area contributed by atoms with E-state index in [2.05, 4.69) is 10.6 Å². The molecule has 0 aliphatic rings. The Bertz CT molecular complexity index is 778. The van der Waals surface area contributed by atoms with Crippen molar-refractivity contribution in [3.8, 4) is 0 Å². The molecule has 2 aromatic heterocycles. The third kappa shape index (κ3) is 2.00. The molecule has 19 heavy (non-hydrogen) atoms. The lowest BCUT2D eigenvalue weighted by Crippen LogP contribution is -2.14. The highest BCUT2D eigenvalue weighted by atomic mass is 32.1. The fourth-order valence-corrected chi connectivity index (χ4v) is 2.72. The van der Waals surface area contributed by atoms with Gasteiger partial charge in [-0.2, -0.15) is 0 Å². The van der Waals surface area contributed by atoms with E-state index in [1.54, 1.807) is 6.07 Å². The molecule has 2 heterocycles. The smallest absolute Gasteiger partial charge is 0.308 e. The molecular weight excluding hydrogens is 271 g/mol. The van der Waals surface area contributed by atoms with Gasteiger partial charge in [-0.3, -0.25) is 15.2 Å². The number of thiazole rings is 1. The molecule has 0 unspecified atom stereocenters. The molecule has 8 heteroatoms. The second-order valence-corrected chi connectivity index (χ2v) is 4.88. The van der Waals surface area contributed by atoms with Crippen molar-refractivity contribution in [2.45, 2.75) is 6.54 Å². The van der Waals surface area contributed by atoms with Gasteiger partial charge < -0.3 is 9.95 Å². The first-order chi connectivity index (χ1) is 9.19. The molecule has 0 bridgehead atoms. The second-order valence-electron chi connectivity index (χ2n) is 3.89. The molecule has 3 aromatic rings. The zero-order valence-electron chi connectivity index (χ0n) is 9.59. The Labute approximate surface area is 110 Å². The van der Waals surface area contributed by atoms with Crippen LogP contribution in [-0.2, 0) is 6.54 Å². The first-order valence-corrected chi connectivity index (χ1v) is 6.19. The first kappa shape index (κ1) is 11.9. The summed E-state index contributed by atoms with van der Waals surface area (Å²) in [4.78, 5) is 11.7. The van der Waals surface area contributed by atoms with Crippen LogP contribution in [0.2, 0.25) is 0 Å². The fraction of sp³-hybridized carbons (Fsp3) is 0.0909. The number of aromatic nitrogens is 2. The summed E-state index contributed by atoms with van der Waals surface area (Å²) >= 11 is 0.974. The Hall–Kier alpha value is -2.19. The molecule has 0 saturated carbocycles. The average molecular weight is 280 g/mol. The lowest BCUT2D eigenvalue weighted by Gasteiger charge is -2.04. The second kappa shape index (κ2) is 4.48. The maximum atomic E-state index is 13.6. The van der Waals surface area contributed by atoms with Crippen molar-refractivity contribution in [2.24, 2.45) is 5.84 Å². The van der Waals surface area contributed by atoms with Gasteiger partial charge in [0.15, 0.2) is 0 Å².